The van der Waals surface area contributed by atoms with Gasteiger partial charge in [-0.2, -0.15) is 0 Å². The lowest BCUT2D eigenvalue weighted by Crippen LogP contribution is -2.14. The van der Waals surface area contributed by atoms with Gasteiger partial charge >= 0.3 is 5.97 Å². The predicted molar refractivity (Wildman–Crippen MR) is 111 cm³/mol. The maximum absolute atomic E-state index is 12.4. The number of carbonyl (C=O) groups is 2. The van der Waals surface area contributed by atoms with Gasteiger partial charge in [0.25, 0.3) is 5.91 Å². The number of aromatic nitrogens is 2. The molecule has 2 N–H and O–H groups in total. The Hall–Kier alpha value is -3.74. The second-order valence-electron chi connectivity index (χ2n) is 6.32. The van der Waals surface area contributed by atoms with Crippen LogP contribution in [-0.4, -0.2) is 28.5 Å². The van der Waals surface area contributed by atoms with Gasteiger partial charge in [0.2, 0.25) is 5.95 Å². The van der Waals surface area contributed by atoms with Crippen LogP contribution >= 0.6 is 0 Å². The molecule has 1 atom stereocenters. The Morgan fingerprint density at radius 2 is 1.62 bits per heavy atom. The molecule has 0 fully saturated rings. The van der Waals surface area contributed by atoms with Gasteiger partial charge in [0.1, 0.15) is 0 Å². The first-order valence-electron chi connectivity index (χ1n) is 9.29. The zero-order valence-electron chi connectivity index (χ0n) is 16.3. The normalized spacial score (nSPS) is 11.4. The lowest BCUT2D eigenvalue weighted by molar-refractivity contribution is 0.0526. The highest BCUT2D eigenvalue weighted by Gasteiger charge is 2.11. The highest BCUT2D eigenvalue weighted by Crippen LogP contribution is 2.16. The van der Waals surface area contributed by atoms with Crippen molar-refractivity contribution in [3.8, 4) is 0 Å². The zero-order valence-corrected chi connectivity index (χ0v) is 16.3. The third-order valence-electron chi connectivity index (χ3n) is 4.21. The minimum atomic E-state index is -0.397. The number of ether oxygens (including phenoxy) is 1. The van der Waals surface area contributed by atoms with Crippen LogP contribution in [0, 0.1) is 0 Å². The van der Waals surface area contributed by atoms with E-state index >= 15 is 0 Å². The molecule has 0 spiro atoms. The molecule has 0 saturated carbocycles. The van der Waals surface area contributed by atoms with Crippen LogP contribution in [0.15, 0.2) is 67.0 Å². The summed E-state index contributed by atoms with van der Waals surface area (Å²) in [7, 11) is 0. The van der Waals surface area contributed by atoms with Crippen molar-refractivity contribution >= 4 is 23.5 Å². The van der Waals surface area contributed by atoms with Gasteiger partial charge in [-0.3, -0.25) is 4.79 Å². The van der Waals surface area contributed by atoms with Gasteiger partial charge in [0.05, 0.1) is 23.8 Å². The predicted octanol–water partition coefficient (Wildman–Crippen LogP) is 4.08. The van der Waals surface area contributed by atoms with Crippen molar-refractivity contribution in [2.45, 2.75) is 19.9 Å². The van der Waals surface area contributed by atoms with E-state index in [1.165, 1.54) is 12.4 Å². The lowest BCUT2D eigenvalue weighted by Gasteiger charge is -2.14. The highest BCUT2D eigenvalue weighted by molar-refractivity contribution is 6.04. The van der Waals surface area contributed by atoms with Crippen LogP contribution in [-0.2, 0) is 4.74 Å². The molecule has 0 saturated heterocycles. The van der Waals surface area contributed by atoms with Gasteiger partial charge in [-0.05, 0) is 43.7 Å². The maximum atomic E-state index is 12.4. The Kier molecular flexibility index (Phi) is 6.52. The van der Waals surface area contributed by atoms with Crippen molar-refractivity contribution in [3.63, 3.8) is 0 Å². The minimum absolute atomic E-state index is 0.0359. The molecule has 0 aliphatic heterocycles. The molecule has 1 amide bonds. The number of amides is 1. The van der Waals surface area contributed by atoms with Gasteiger partial charge in [0.15, 0.2) is 0 Å². The molecule has 29 heavy (non-hydrogen) atoms. The summed E-state index contributed by atoms with van der Waals surface area (Å²) >= 11 is 0. The number of nitrogens with zero attached hydrogens (tertiary/aromatic N) is 2. The molecule has 1 heterocycles. The van der Waals surface area contributed by atoms with Crippen LogP contribution in [0.1, 0.15) is 46.2 Å². The van der Waals surface area contributed by atoms with Crippen molar-refractivity contribution in [1.29, 1.82) is 0 Å². The van der Waals surface area contributed by atoms with Crippen molar-refractivity contribution < 1.29 is 14.3 Å². The SMILES string of the molecule is CCOC(=O)c1ccc(NC(=O)c2cnc(NC(C)c3ccccc3)nc2)cc1. The van der Waals surface area contributed by atoms with Gasteiger partial charge in [-0.1, -0.05) is 30.3 Å². The maximum Gasteiger partial charge on any atom is 0.338 e. The van der Waals surface area contributed by atoms with Crippen LogP contribution in [0.2, 0.25) is 0 Å². The first kappa shape index (κ1) is 20.0. The third-order valence-corrected chi connectivity index (χ3v) is 4.21. The third kappa shape index (κ3) is 5.38. The summed E-state index contributed by atoms with van der Waals surface area (Å²) in [6.45, 7) is 4.07. The summed E-state index contributed by atoms with van der Waals surface area (Å²) in [5.41, 5.74) is 2.43. The van der Waals surface area contributed by atoms with Crippen LogP contribution < -0.4 is 10.6 Å². The topological polar surface area (TPSA) is 93.2 Å². The summed E-state index contributed by atoms with van der Waals surface area (Å²) < 4.78 is 4.94. The van der Waals surface area contributed by atoms with E-state index in [0.717, 1.165) is 5.56 Å². The smallest absolute Gasteiger partial charge is 0.338 e. The van der Waals surface area contributed by atoms with E-state index in [0.29, 0.717) is 29.4 Å². The number of esters is 1. The number of benzene rings is 2. The van der Waals surface area contributed by atoms with E-state index in [1.807, 2.05) is 37.3 Å². The van der Waals surface area contributed by atoms with E-state index in [1.54, 1.807) is 31.2 Å². The van der Waals surface area contributed by atoms with Crippen molar-refractivity contribution in [3.05, 3.63) is 83.7 Å². The van der Waals surface area contributed by atoms with Gasteiger partial charge in [0, 0.05) is 18.1 Å². The molecule has 3 aromatic rings. The number of carbonyl (C=O) groups excluding carboxylic acids is 2. The molecule has 0 aliphatic rings. The molecule has 2 aromatic carbocycles. The first-order chi connectivity index (χ1) is 14.1. The zero-order chi connectivity index (χ0) is 20.6. The summed E-state index contributed by atoms with van der Waals surface area (Å²) in [6.07, 6.45) is 2.94. The molecule has 1 aromatic heterocycles. The fourth-order valence-electron chi connectivity index (χ4n) is 2.65. The van der Waals surface area contributed by atoms with Gasteiger partial charge in [-0.25, -0.2) is 14.8 Å². The van der Waals surface area contributed by atoms with Crippen molar-refractivity contribution in [1.82, 2.24) is 9.97 Å². The van der Waals surface area contributed by atoms with E-state index in [9.17, 15) is 9.59 Å². The average Bonchev–Trinajstić information content (AvgIpc) is 2.75. The monoisotopic (exact) mass is 390 g/mol. The van der Waals surface area contributed by atoms with Crippen LogP contribution in [0.25, 0.3) is 0 Å². The van der Waals surface area contributed by atoms with Crippen molar-refractivity contribution in [2.24, 2.45) is 0 Å². The Balaban J connectivity index is 1.59. The first-order valence-corrected chi connectivity index (χ1v) is 9.29. The average molecular weight is 390 g/mol. The van der Waals surface area contributed by atoms with E-state index in [4.69, 9.17) is 4.74 Å². The quantitative estimate of drug-likeness (QED) is 0.591. The molecule has 7 heteroatoms. The summed E-state index contributed by atoms with van der Waals surface area (Å²) in [6, 6.07) is 16.5. The number of rotatable bonds is 7. The number of anilines is 2. The van der Waals surface area contributed by atoms with Gasteiger partial charge in [-0.15, -0.1) is 0 Å². The molecule has 0 bridgehead atoms. The minimum Gasteiger partial charge on any atom is -0.462 e. The second kappa shape index (κ2) is 9.45. The standard InChI is InChI=1S/C22H22N4O3/c1-3-29-21(28)17-9-11-19(12-10-17)26-20(27)18-13-23-22(24-14-18)25-15(2)16-7-5-4-6-8-16/h4-15H,3H2,1-2H3,(H,26,27)(H,23,24,25). The summed E-state index contributed by atoms with van der Waals surface area (Å²) in [5.74, 6) is -0.292. The van der Waals surface area contributed by atoms with E-state index in [-0.39, 0.29) is 11.9 Å². The largest absolute Gasteiger partial charge is 0.462 e. The number of nitrogens with one attached hydrogen (secondary N) is 2. The van der Waals surface area contributed by atoms with Crippen LogP contribution in [0.5, 0.6) is 0 Å². The molecular formula is C22H22N4O3. The Bertz CT molecular complexity index is 958. The lowest BCUT2D eigenvalue weighted by atomic mass is 10.1. The fraction of sp³-hybridized carbons (Fsp3) is 0.182. The molecular weight excluding hydrogens is 368 g/mol. The molecule has 0 aliphatic carbocycles. The second-order valence-corrected chi connectivity index (χ2v) is 6.32. The molecule has 0 radical (unpaired) electrons. The van der Waals surface area contributed by atoms with Gasteiger partial charge < -0.3 is 15.4 Å². The summed E-state index contributed by atoms with van der Waals surface area (Å²) in [4.78, 5) is 32.5. The fourth-order valence-corrected chi connectivity index (χ4v) is 2.65. The number of hydrogen-bond donors (Lipinski definition) is 2. The Morgan fingerprint density at radius 1 is 0.966 bits per heavy atom. The van der Waals surface area contributed by atoms with Crippen LogP contribution in [0.4, 0.5) is 11.6 Å². The summed E-state index contributed by atoms with van der Waals surface area (Å²) in [5, 5.41) is 5.95. The van der Waals surface area contributed by atoms with Crippen LogP contribution in [0.3, 0.4) is 0 Å². The Morgan fingerprint density at radius 3 is 2.24 bits per heavy atom. The molecule has 1 unspecified atom stereocenters. The van der Waals surface area contributed by atoms with Crippen molar-refractivity contribution in [2.75, 3.05) is 17.2 Å². The highest BCUT2D eigenvalue weighted by atomic mass is 16.5. The number of hydrogen-bond acceptors (Lipinski definition) is 6. The van der Waals surface area contributed by atoms with E-state index < -0.39 is 5.97 Å². The molecule has 148 valence electrons. The Labute approximate surface area is 169 Å². The molecule has 3 rings (SSSR count). The molecule has 7 nitrogen and oxygen atoms in total. The van der Waals surface area contributed by atoms with E-state index in [2.05, 4.69) is 20.6 Å².